The van der Waals surface area contributed by atoms with Gasteiger partial charge in [0.25, 0.3) is 0 Å². The summed E-state index contributed by atoms with van der Waals surface area (Å²) in [5.41, 5.74) is -0.622. The van der Waals surface area contributed by atoms with Crippen LogP contribution in [-0.2, 0) is 32.0 Å². The van der Waals surface area contributed by atoms with Gasteiger partial charge in [-0.05, 0) is 48.5 Å². The van der Waals surface area contributed by atoms with Crippen molar-refractivity contribution in [2.24, 2.45) is 0 Å². The van der Waals surface area contributed by atoms with Gasteiger partial charge in [0.2, 0.25) is 0 Å². The van der Waals surface area contributed by atoms with Crippen LogP contribution < -0.4 is 0 Å². The Morgan fingerprint density at radius 3 is 2.10 bits per heavy atom. The normalized spacial score (nSPS) is 14.0. The van der Waals surface area contributed by atoms with E-state index in [0.29, 0.717) is 11.3 Å². The van der Waals surface area contributed by atoms with E-state index in [1.54, 1.807) is 48.5 Å². The lowest BCUT2D eigenvalue weighted by atomic mass is 10.0. The Kier molecular flexibility index (Phi) is 7.13. The van der Waals surface area contributed by atoms with Gasteiger partial charge >= 0.3 is 18.2 Å². The van der Waals surface area contributed by atoms with Crippen LogP contribution in [0.5, 0.6) is 0 Å². The van der Waals surface area contributed by atoms with E-state index in [4.69, 9.17) is 14.2 Å². The fourth-order valence-corrected chi connectivity index (χ4v) is 3.01. The van der Waals surface area contributed by atoms with Crippen LogP contribution >= 0.6 is 0 Å². The minimum absolute atomic E-state index is 0.0247. The zero-order chi connectivity index (χ0) is 23.6. The van der Waals surface area contributed by atoms with Crippen LogP contribution in [0.15, 0.2) is 0 Å². The molecule has 0 bridgehead atoms. The molecule has 10 nitrogen and oxygen atoms in total. The maximum Gasteiger partial charge on any atom is 0.435 e. The molecule has 31 heavy (non-hydrogen) atoms. The molecule has 0 spiro atoms. The average molecular weight is 437 g/mol. The molecule has 0 saturated carbocycles. The number of Topliss-reactive ketones (excluding diaryl/α,β-unsaturated/α-hetero) is 1. The van der Waals surface area contributed by atoms with Crippen molar-refractivity contribution in [2.75, 3.05) is 13.2 Å². The van der Waals surface area contributed by atoms with Gasteiger partial charge in [-0.3, -0.25) is 9.59 Å². The van der Waals surface area contributed by atoms with Crippen LogP contribution in [0.4, 0.5) is 9.59 Å². The molecule has 1 aromatic heterocycles. The molecule has 172 valence electrons. The highest BCUT2D eigenvalue weighted by Gasteiger charge is 2.35. The predicted molar refractivity (Wildman–Crippen MR) is 110 cm³/mol. The Hall–Kier alpha value is -2.91. The first-order chi connectivity index (χ1) is 14.2. The molecule has 0 atom stereocenters. The van der Waals surface area contributed by atoms with Gasteiger partial charge in [-0.2, -0.15) is 9.78 Å². The summed E-state index contributed by atoms with van der Waals surface area (Å²) >= 11 is 0. The van der Waals surface area contributed by atoms with Crippen molar-refractivity contribution in [2.45, 2.75) is 79.1 Å². The first kappa shape index (κ1) is 24.4. The predicted octanol–water partition coefficient (Wildman–Crippen LogP) is 3.10. The Bertz CT molecular complexity index is 875. The third kappa shape index (κ3) is 6.53. The highest BCUT2D eigenvalue weighted by atomic mass is 16.6. The van der Waals surface area contributed by atoms with Gasteiger partial charge in [-0.25, -0.2) is 9.59 Å². The molecule has 2 rings (SSSR count). The van der Waals surface area contributed by atoms with E-state index in [9.17, 15) is 19.2 Å². The summed E-state index contributed by atoms with van der Waals surface area (Å²) in [6, 6.07) is 0. The largest absolute Gasteiger partial charge is 0.466 e. The fraction of sp³-hybridized carbons (Fsp3) is 0.667. The minimum Gasteiger partial charge on any atom is -0.466 e. The summed E-state index contributed by atoms with van der Waals surface area (Å²) in [4.78, 5) is 51.2. The van der Waals surface area contributed by atoms with Crippen LogP contribution in [-0.4, -0.2) is 63.0 Å². The zero-order valence-electron chi connectivity index (χ0n) is 19.2. The minimum atomic E-state index is -0.762. The maximum atomic E-state index is 12.8. The van der Waals surface area contributed by atoms with Crippen molar-refractivity contribution in [3.8, 4) is 0 Å². The van der Waals surface area contributed by atoms with E-state index in [1.807, 2.05) is 0 Å². The number of ketones is 1. The van der Waals surface area contributed by atoms with Gasteiger partial charge in [0.05, 0.1) is 18.8 Å². The van der Waals surface area contributed by atoms with Crippen molar-refractivity contribution >= 4 is 23.9 Å². The number of carbonyl (C=O) groups excluding carboxylic acids is 4. The number of ether oxygens (including phenoxy) is 3. The summed E-state index contributed by atoms with van der Waals surface area (Å²) in [6.45, 7) is 12.5. The van der Waals surface area contributed by atoms with Crippen molar-refractivity contribution in [3.63, 3.8) is 0 Å². The van der Waals surface area contributed by atoms with Gasteiger partial charge < -0.3 is 19.1 Å². The maximum absolute atomic E-state index is 12.8. The summed E-state index contributed by atoms with van der Waals surface area (Å²) in [6.07, 6.45) is -1.51. The molecule has 0 fully saturated rings. The third-order valence-corrected chi connectivity index (χ3v) is 4.15. The second kappa shape index (κ2) is 9.07. The average Bonchev–Trinajstić information content (AvgIpc) is 2.98. The van der Waals surface area contributed by atoms with Crippen LogP contribution in [0, 0.1) is 0 Å². The highest BCUT2D eigenvalue weighted by molar-refractivity contribution is 6.06. The third-order valence-electron chi connectivity index (χ3n) is 4.15. The Labute approximate surface area is 181 Å². The molecule has 1 aromatic rings. The molecular formula is C21H31N3O7. The number of fused-ring (bicyclic) bond motifs is 1. The SMILES string of the molecule is CCOC(=O)CC(=O)c1nn(C(=O)OC(C)(C)C)c2c1CN(C(=O)OC(C)(C)C)CC2. The monoisotopic (exact) mass is 437 g/mol. The number of rotatable bonds is 4. The quantitative estimate of drug-likeness (QED) is 0.305. The highest BCUT2D eigenvalue weighted by Crippen LogP contribution is 2.26. The number of hydrogen-bond acceptors (Lipinski definition) is 8. The number of esters is 1. The first-order valence-electron chi connectivity index (χ1n) is 10.2. The van der Waals surface area contributed by atoms with Crippen molar-refractivity contribution in [3.05, 3.63) is 17.0 Å². The molecule has 1 amide bonds. The van der Waals surface area contributed by atoms with Gasteiger partial charge in [-0.1, -0.05) is 0 Å². The van der Waals surface area contributed by atoms with Gasteiger partial charge in [0.15, 0.2) is 5.78 Å². The smallest absolute Gasteiger partial charge is 0.435 e. The standard InChI is InChI=1S/C21H31N3O7/c1-8-29-16(26)11-15(25)17-13-12-23(18(27)30-20(2,3)4)10-9-14(13)24(22-17)19(28)31-21(5,6)7/h8-12H2,1-7H3. The van der Waals surface area contributed by atoms with E-state index < -0.39 is 41.6 Å². The zero-order valence-corrected chi connectivity index (χ0v) is 19.2. The lowest BCUT2D eigenvalue weighted by Crippen LogP contribution is -2.40. The summed E-state index contributed by atoms with van der Waals surface area (Å²) in [5.74, 6) is -1.28. The topological polar surface area (TPSA) is 117 Å². The number of carbonyl (C=O) groups is 4. The lowest BCUT2D eigenvalue weighted by Gasteiger charge is -2.30. The van der Waals surface area contributed by atoms with Crippen LogP contribution in [0.2, 0.25) is 0 Å². The second-order valence-corrected chi connectivity index (χ2v) is 9.22. The number of nitrogens with zero attached hydrogens (tertiary/aromatic N) is 3. The molecule has 2 heterocycles. The first-order valence-corrected chi connectivity index (χ1v) is 10.2. The number of aromatic nitrogens is 2. The van der Waals surface area contributed by atoms with Crippen molar-refractivity contribution < 1.29 is 33.4 Å². The lowest BCUT2D eigenvalue weighted by molar-refractivity contribution is -0.141. The second-order valence-electron chi connectivity index (χ2n) is 9.22. The van der Waals surface area contributed by atoms with Gasteiger partial charge in [0, 0.05) is 18.5 Å². The van der Waals surface area contributed by atoms with Gasteiger partial charge in [0.1, 0.15) is 23.3 Å². The summed E-state index contributed by atoms with van der Waals surface area (Å²) in [7, 11) is 0. The molecule has 10 heteroatoms. The molecule has 1 aliphatic heterocycles. The summed E-state index contributed by atoms with van der Waals surface area (Å²) < 4.78 is 16.7. The molecular weight excluding hydrogens is 406 g/mol. The molecule has 0 saturated heterocycles. The molecule has 1 aliphatic rings. The molecule has 0 N–H and O–H groups in total. The van der Waals surface area contributed by atoms with E-state index in [-0.39, 0.29) is 31.8 Å². The van der Waals surface area contributed by atoms with Crippen molar-refractivity contribution in [1.82, 2.24) is 14.7 Å². The van der Waals surface area contributed by atoms with E-state index in [2.05, 4.69) is 5.10 Å². The van der Waals surface area contributed by atoms with Crippen LogP contribution in [0.3, 0.4) is 0 Å². The molecule has 0 radical (unpaired) electrons. The van der Waals surface area contributed by atoms with Crippen LogP contribution in [0.25, 0.3) is 0 Å². The van der Waals surface area contributed by atoms with Crippen LogP contribution in [0.1, 0.15) is 76.6 Å². The Morgan fingerprint density at radius 2 is 1.55 bits per heavy atom. The van der Waals surface area contributed by atoms with E-state index in [0.717, 1.165) is 4.68 Å². The Balaban J connectivity index is 2.39. The van der Waals surface area contributed by atoms with E-state index >= 15 is 0 Å². The Morgan fingerprint density at radius 1 is 0.968 bits per heavy atom. The number of amides is 1. The van der Waals surface area contributed by atoms with Crippen molar-refractivity contribution in [1.29, 1.82) is 0 Å². The molecule has 0 unspecified atom stereocenters. The molecule has 0 aliphatic carbocycles. The summed E-state index contributed by atoms with van der Waals surface area (Å²) in [5, 5.41) is 4.16. The van der Waals surface area contributed by atoms with Gasteiger partial charge in [-0.15, -0.1) is 0 Å². The fourth-order valence-electron chi connectivity index (χ4n) is 3.01. The van der Waals surface area contributed by atoms with E-state index in [1.165, 1.54) is 4.90 Å². The molecule has 0 aromatic carbocycles. The number of hydrogen-bond donors (Lipinski definition) is 0.